The molecule has 0 aliphatic rings. The van der Waals surface area contributed by atoms with E-state index in [2.05, 4.69) is 49.4 Å². The van der Waals surface area contributed by atoms with Crippen LogP contribution in [0.2, 0.25) is 0 Å². The van der Waals surface area contributed by atoms with Crippen molar-refractivity contribution in [3.05, 3.63) is 107 Å². The van der Waals surface area contributed by atoms with Gasteiger partial charge in [0.05, 0.1) is 6.61 Å². The summed E-state index contributed by atoms with van der Waals surface area (Å²) in [4.78, 5) is 12.1. The predicted octanol–water partition coefficient (Wildman–Crippen LogP) is 6.02. The highest BCUT2D eigenvalue weighted by Crippen LogP contribution is 2.24. The summed E-state index contributed by atoms with van der Waals surface area (Å²) in [5.74, 6) is 0.449. The van der Waals surface area contributed by atoms with Crippen LogP contribution in [0.15, 0.2) is 84.9 Å². The minimum Gasteiger partial charge on any atom is -0.490 e. The van der Waals surface area contributed by atoms with Crippen LogP contribution < -0.4 is 4.74 Å². The fourth-order valence-electron chi connectivity index (χ4n) is 3.56. The van der Waals surface area contributed by atoms with Crippen molar-refractivity contribution in [2.24, 2.45) is 0 Å². The molecule has 1 atom stereocenters. The molecule has 0 heterocycles. The van der Waals surface area contributed by atoms with E-state index in [0.29, 0.717) is 26.2 Å². The molecule has 172 valence electrons. The molecular formula is C29H32O4. The lowest BCUT2D eigenvalue weighted by atomic mass is 9.97. The Morgan fingerprint density at radius 2 is 1.52 bits per heavy atom. The lowest BCUT2D eigenvalue weighted by molar-refractivity contribution is -0.156. The highest BCUT2D eigenvalue weighted by molar-refractivity contribution is 5.80. The molecule has 0 aromatic heterocycles. The topological polar surface area (TPSA) is 44.8 Å². The van der Waals surface area contributed by atoms with E-state index in [4.69, 9.17) is 14.2 Å². The van der Waals surface area contributed by atoms with Gasteiger partial charge in [0.25, 0.3) is 0 Å². The van der Waals surface area contributed by atoms with Crippen LogP contribution in [-0.4, -0.2) is 31.9 Å². The summed E-state index contributed by atoms with van der Waals surface area (Å²) in [5, 5.41) is 0. The highest BCUT2D eigenvalue weighted by Gasteiger charge is 2.20. The van der Waals surface area contributed by atoms with Crippen LogP contribution in [0.1, 0.15) is 36.1 Å². The van der Waals surface area contributed by atoms with Gasteiger partial charge in [-0.15, -0.1) is 0 Å². The van der Waals surface area contributed by atoms with Crippen LogP contribution >= 0.6 is 0 Å². The molecule has 0 fully saturated rings. The van der Waals surface area contributed by atoms with E-state index in [0.717, 1.165) is 28.0 Å². The van der Waals surface area contributed by atoms with Gasteiger partial charge in [-0.05, 0) is 61.2 Å². The molecule has 0 N–H and O–H groups in total. The van der Waals surface area contributed by atoms with Crippen LogP contribution in [0.3, 0.4) is 0 Å². The summed E-state index contributed by atoms with van der Waals surface area (Å²) < 4.78 is 16.7. The molecule has 0 bridgehead atoms. The van der Waals surface area contributed by atoms with Gasteiger partial charge in [-0.1, -0.05) is 72.3 Å². The Morgan fingerprint density at radius 1 is 0.848 bits per heavy atom. The monoisotopic (exact) mass is 444 g/mol. The van der Waals surface area contributed by atoms with Gasteiger partial charge in [-0.25, -0.2) is 4.79 Å². The second-order valence-corrected chi connectivity index (χ2v) is 7.70. The second kappa shape index (κ2) is 12.6. The minimum atomic E-state index is -0.590. The molecule has 3 aromatic rings. The van der Waals surface area contributed by atoms with Crippen LogP contribution in [0.5, 0.6) is 5.75 Å². The standard InChI is InChI=1S/C29H32O4/c1-4-31-28(29(30)32-5-2)21-23-13-17-26(18-14-23)33-20-19-27(24-9-7-6-8-10-24)25-15-11-22(3)12-16-25/h6-19,28H,4-5,20-21H2,1-3H3. The minimum absolute atomic E-state index is 0.325. The summed E-state index contributed by atoms with van der Waals surface area (Å²) in [5.41, 5.74) is 5.68. The molecule has 4 nitrogen and oxygen atoms in total. The Morgan fingerprint density at radius 3 is 2.15 bits per heavy atom. The first-order valence-electron chi connectivity index (χ1n) is 11.4. The molecule has 0 radical (unpaired) electrons. The quantitative estimate of drug-likeness (QED) is 0.340. The first-order valence-corrected chi connectivity index (χ1v) is 11.4. The van der Waals surface area contributed by atoms with Crippen molar-refractivity contribution < 1.29 is 19.0 Å². The van der Waals surface area contributed by atoms with E-state index in [-0.39, 0.29) is 5.97 Å². The van der Waals surface area contributed by atoms with Crippen molar-refractivity contribution in [2.45, 2.75) is 33.3 Å². The predicted molar refractivity (Wildman–Crippen MR) is 132 cm³/mol. The van der Waals surface area contributed by atoms with Crippen molar-refractivity contribution in [3.8, 4) is 5.75 Å². The molecule has 0 saturated heterocycles. The van der Waals surface area contributed by atoms with E-state index in [9.17, 15) is 4.79 Å². The molecule has 33 heavy (non-hydrogen) atoms. The van der Waals surface area contributed by atoms with Crippen molar-refractivity contribution in [2.75, 3.05) is 19.8 Å². The maximum Gasteiger partial charge on any atom is 0.335 e. The number of esters is 1. The van der Waals surface area contributed by atoms with Gasteiger partial charge in [0.1, 0.15) is 12.4 Å². The molecule has 1 unspecified atom stereocenters. The lowest BCUT2D eigenvalue weighted by Gasteiger charge is -2.15. The summed E-state index contributed by atoms with van der Waals surface area (Å²) >= 11 is 0. The number of carbonyl (C=O) groups is 1. The molecule has 0 amide bonds. The summed E-state index contributed by atoms with van der Waals surface area (Å²) in [6.07, 6.45) is 1.99. The van der Waals surface area contributed by atoms with Gasteiger partial charge >= 0.3 is 5.97 Å². The molecule has 4 heteroatoms. The van der Waals surface area contributed by atoms with E-state index in [1.54, 1.807) is 6.92 Å². The van der Waals surface area contributed by atoms with Crippen LogP contribution in [-0.2, 0) is 20.7 Å². The Bertz CT molecular complexity index is 1020. The summed E-state index contributed by atoms with van der Waals surface area (Å²) in [6, 6.07) is 26.6. The number of ether oxygens (including phenoxy) is 3. The SMILES string of the molecule is CCOC(=O)C(Cc1ccc(OCC=C(c2ccccc2)c2ccc(C)cc2)cc1)OCC. The first-order chi connectivity index (χ1) is 16.1. The number of carbonyl (C=O) groups excluding carboxylic acids is 1. The van der Waals surface area contributed by atoms with Crippen LogP contribution in [0, 0.1) is 6.92 Å². The number of hydrogen-bond donors (Lipinski definition) is 0. The summed E-state index contributed by atoms with van der Waals surface area (Å²) in [7, 11) is 0. The summed E-state index contributed by atoms with van der Waals surface area (Å²) in [6.45, 7) is 7.01. The van der Waals surface area contributed by atoms with E-state index in [1.165, 1.54) is 5.56 Å². The Hall–Kier alpha value is -3.37. The van der Waals surface area contributed by atoms with Gasteiger partial charge in [0.15, 0.2) is 6.10 Å². The lowest BCUT2D eigenvalue weighted by Crippen LogP contribution is -2.28. The molecule has 0 spiro atoms. The van der Waals surface area contributed by atoms with Gasteiger partial charge in [-0.2, -0.15) is 0 Å². The molecule has 3 aromatic carbocycles. The molecule has 0 saturated carbocycles. The average Bonchev–Trinajstić information content (AvgIpc) is 2.84. The number of benzene rings is 3. The first kappa shape index (κ1) is 24.3. The maximum atomic E-state index is 12.1. The van der Waals surface area contributed by atoms with Crippen LogP contribution in [0.25, 0.3) is 5.57 Å². The zero-order valence-electron chi connectivity index (χ0n) is 19.6. The Labute approximate surface area is 196 Å². The highest BCUT2D eigenvalue weighted by atomic mass is 16.6. The number of aryl methyl sites for hydroxylation is 1. The Kier molecular flexibility index (Phi) is 9.28. The van der Waals surface area contributed by atoms with E-state index < -0.39 is 6.10 Å². The van der Waals surface area contributed by atoms with Gasteiger partial charge in [0, 0.05) is 13.0 Å². The molecule has 0 aliphatic heterocycles. The average molecular weight is 445 g/mol. The molecule has 0 aliphatic carbocycles. The maximum absolute atomic E-state index is 12.1. The normalized spacial score (nSPS) is 12.3. The third kappa shape index (κ3) is 7.33. The largest absolute Gasteiger partial charge is 0.490 e. The van der Waals surface area contributed by atoms with E-state index >= 15 is 0 Å². The van der Waals surface area contributed by atoms with Gasteiger partial charge in [0.2, 0.25) is 0 Å². The van der Waals surface area contributed by atoms with Crippen molar-refractivity contribution in [3.63, 3.8) is 0 Å². The third-order valence-corrected chi connectivity index (χ3v) is 5.25. The van der Waals surface area contributed by atoms with E-state index in [1.807, 2.05) is 49.4 Å². The third-order valence-electron chi connectivity index (χ3n) is 5.25. The second-order valence-electron chi connectivity index (χ2n) is 7.70. The van der Waals surface area contributed by atoms with Gasteiger partial charge < -0.3 is 14.2 Å². The molecular weight excluding hydrogens is 412 g/mol. The fourth-order valence-corrected chi connectivity index (χ4v) is 3.56. The van der Waals surface area contributed by atoms with Crippen molar-refractivity contribution in [1.82, 2.24) is 0 Å². The van der Waals surface area contributed by atoms with Crippen LogP contribution in [0.4, 0.5) is 0 Å². The zero-order valence-corrected chi connectivity index (χ0v) is 19.6. The fraction of sp³-hybridized carbons (Fsp3) is 0.276. The van der Waals surface area contributed by atoms with Crippen molar-refractivity contribution in [1.29, 1.82) is 0 Å². The smallest absolute Gasteiger partial charge is 0.335 e. The zero-order chi connectivity index (χ0) is 23.5. The number of hydrogen-bond acceptors (Lipinski definition) is 4. The number of rotatable bonds is 11. The molecule has 3 rings (SSSR count). The van der Waals surface area contributed by atoms with Gasteiger partial charge in [-0.3, -0.25) is 0 Å². The van der Waals surface area contributed by atoms with Crippen molar-refractivity contribution >= 4 is 11.5 Å². The Balaban J connectivity index is 1.67.